The number of hydrogen-bond donors (Lipinski definition) is 1. The van der Waals surface area contributed by atoms with Gasteiger partial charge in [0, 0.05) is 31.9 Å². The molecule has 2 N–H and O–H groups in total. The Balaban J connectivity index is 1.37. The molecule has 1 atom stereocenters. The Bertz CT molecular complexity index is 1510. The lowest BCUT2D eigenvalue weighted by Gasteiger charge is -2.38. The minimum atomic E-state index is -0.180. The Labute approximate surface area is 227 Å². The van der Waals surface area contributed by atoms with E-state index in [1.54, 1.807) is 34.9 Å². The number of carbonyl (C=O) groups is 1. The molecule has 1 aromatic heterocycles. The second-order valence-electron chi connectivity index (χ2n) is 9.48. The summed E-state index contributed by atoms with van der Waals surface area (Å²) in [6, 6.07) is 21.8. The number of carbonyl (C=O) groups excluding carboxylic acids is 1. The summed E-state index contributed by atoms with van der Waals surface area (Å²) in [5.74, 6) is 1.81. The largest absolute Gasteiger partial charge is 0.492 e. The number of ether oxygens (including phenoxy) is 2. The van der Waals surface area contributed by atoms with Crippen LogP contribution in [0.15, 0.2) is 77.6 Å². The lowest BCUT2D eigenvalue weighted by Crippen LogP contribution is -2.51. The van der Waals surface area contributed by atoms with Crippen LogP contribution in [0.3, 0.4) is 0 Å². The van der Waals surface area contributed by atoms with Crippen molar-refractivity contribution in [1.29, 1.82) is 0 Å². The molecule has 0 spiro atoms. The van der Waals surface area contributed by atoms with Gasteiger partial charge in [0.15, 0.2) is 6.61 Å². The quantitative estimate of drug-likeness (QED) is 0.349. The molecule has 0 aliphatic carbocycles. The maximum atomic E-state index is 13.8. The highest BCUT2D eigenvalue weighted by Gasteiger charge is 2.29. The maximum absolute atomic E-state index is 13.8. The monoisotopic (exact) mass is 527 g/mol. The van der Waals surface area contributed by atoms with E-state index in [0.29, 0.717) is 72.4 Å². The summed E-state index contributed by atoms with van der Waals surface area (Å²) in [6.45, 7) is 6.83. The molecule has 2 heterocycles. The topological polar surface area (TPSA) is 103 Å². The summed E-state index contributed by atoms with van der Waals surface area (Å²) in [5, 5.41) is 0.552. The molecule has 0 radical (unpaired) electrons. The molecule has 1 aliphatic rings. The Morgan fingerprint density at radius 2 is 1.64 bits per heavy atom. The molecule has 9 heteroatoms. The number of piperazine rings is 1. The van der Waals surface area contributed by atoms with Crippen molar-refractivity contribution in [2.24, 2.45) is 0 Å². The fraction of sp³-hybridized carbons (Fsp3) is 0.300. The fourth-order valence-corrected chi connectivity index (χ4v) is 4.90. The predicted octanol–water partition coefficient (Wildman–Crippen LogP) is 3.65. The van der Waals surface area contributed by atoms with Crippen LogP contribution < -0.4 is 20.8 Å². The van der Waals surface area contributed by atoms with Gasteiger partial charge in [-0.05, 0) is 62.4 Å². The number of aromatic nitrogens is 2. The van der Waals surface area contributed by atoms with Crippen molar-refractivity contribution in [2.45, 2.75) is 19.9 Å². The van der Waals surface area contributed by atoms with Crippen molar-refractivity contribution in [3.05, 3.63) is 89.0 Å². The second-order valence-corrected chi connectivity index (χ2v) is 9.48. The average molecular weight is 528 g/mol. The van der Waals surface area contributed by atoms with E-state index in [1.807, 2.05) is 54.3 Å². The lowest BCUT2D eigenvalue weighted by molar-refractivity contribution is -0.135. The van der Waals surface area contributed by atoms with Crippen LogP contribution in [-0.4, -0.2) is 64.7 Å². The van der Waals surface area contributed by atoms with E-state index in [0.717, 1.165) is 0 Å². The third-order valence-electron chi connectivity index (χ3n) is 7.04. The molecule has 39 heavy (non-hydrogen) atoms. The van der Waals surface area contributed by atoms with Gasteiger partial charge in [-0.25, -0.2) is 4.98 Å². The number of nitrogens with zero attached hydrogens (tertiary/aromatic N) is 4. The third-order valence-corrected chi connectivity index (χ3v) is 7.04. The summed E-state index contributed by atoms with van der Waals surface area (Å²) in [7, 11) is 0. The summed E-state index contributed by atoms with van der Waals surface area (Å²) in [6.07, 6.45) is 0. The number of nitrogens with two attached hydrogens (primary N) is 1. The zero-order valence-electron chi connectivity index (χ0n) is 22.2. The van der Waals surface area contributed by atoms with Crippen LogP contribution in [0.2, 0.25) is 0 Å². The zero-order chi connectivity index (χ0) is 27.4. The summed E-state index contributed by atoms with van der Waals surface area (Å²) < 4.78 is 13.2. The summed E-state index contributed by atoms with van der Waals surface area (Å²) in [4.78, 5) is 35.6. The van der Waals surface area contributed by atoms with Crippen molar-refractivity contribution in [3.8, 4) is 17.2 Å². The van der Waals surface area contributed by atoms with E-state index in [4.69, 9.17) is 20.2 Å². The van der Waals surface area contributed by atoms with Crippen LogP contribution in [0.1, 0.15) is 25.7 Å². The number of rotatable bonds is 8. The molecule has 9 nitrogen and oxygen atoms in total. The molecule has 1 saturated heterocycles. The maximum Gasteiger partial charge on any atom is 0.266 e. The normalized spacial score (nSPS) is 14.8. The summed E-state index contributed by atoms with van der Waals surface area (Å²) in [5.41, 5.74) is 7.54. The van der Waals surface area contributed by atoms with Crippen molar-refractivity contribution in [3.63, 3.8) is 0 Å². The molecule has 0 saturated carbocycles. The van der Waals surface area contributed by atoms with Gasteiger partial charge in [0.1, 0.15) is 17.3 Å². The Kier molecular flexibility index (Phi) is 7.79. The van der Waals surface area contributed by atoms with Crippen LogP contribution in [-0.2, 0) is 4.79 Å². The molecule has 1 unspecified atom stereocenters. The minimum absolute atomic E-state index is 0.0283. The molecule has 4 aromatic rings. The SMILES string of the molecule is CCOc1ccccc1-n1c(C(C)N2CCN(C(=O)COc3ccc(N)cc3)CC2)nc2ccccc2c1=O. The number of hydrogen-bond acceptors (Lipinski definition) is 7. The highest BCUT2D eigenvalue weighted by molar-refractivity contribution is 5.78. The van der Waals surface area contributed by atoms with Crippen molar-refractivity contribution in [1.82, 2.24) is 19.4 Å². The van der Waals surface area contributed by atoms with Gasteiger partial charge in [-0.2, -0.15) is 0 Å². The predicted molar refractivity (Wildman–Crippen MR) is 151 cm³/mol. The van der Waals surface area contributed by atoms with E-state index < -0.39 is 0 Å². The molecular weight excluding hydrogens is 494 g/mol. The van der Waals surface area contributed by atoms with E-state index in [9.17, 15) is 9.59 Å². The molecule has 1 fully saturated rings. The van der Waals surface area contributed by atoms with Crippen LogP contribution >= 0.6 is 0 Å². The number of amides is 1. The third kappa shape index (κ3) is 5.58. The number of anilines is 1. The average Bonchev–Trinajstić information content (AvgIpc) is 2.97. The molecule has 5 rings (SSSR count). The Morgan fingerprint density at radius 3 is 2.38 bits per heavy atom. The number of nitrogen functional groups attached to an aromatic ring is 1. The number of para-hydroxylation sites is 3. The van der Waals surface area contributed by atoms with E-state index in [-0.39, 0.29) is 24.1 Å². The van der Waals surface area contributed by atoms with Crippen LogP contribution in [0.5, 0.6) is 11.5 Å². The van der Waals surface area contributed by atoms with Crippen LogP contribution in [0.4, 0.5) is 5.69 Å². The molecule has 1 amide bonds. The Hall–Kier alpha value is -4.37. The first-order valence-electron chi connectivity index (χ1n) is 13.2. The van der Waals surface area contributed by atoms with E-state index in [2.05, 4.69) is 11.8 Å². The Morgan fingerprint density at radius 1 is 0.949 bits per heavy atom. The molecule has 3 aromatic carbocycles. The van der Waals surface area contributed by atoms with Crippen molar-refractivity contribution < 1.29 is 14.3 Å². The highest BCUT2D eigenvalue weighted by Crippen LogP contribution is 2.28. The van der Waals surface area contributed by atoms with E-state index in [1.165, 1.54) is 0 Å². The molecule has 1 aliphatic heterocycles. The zero-order valence-corrected chi connectivity index (χ0v) is 22.2. The van der Waals surface area contributed by atoms with Gasteiger partial charge in [0.25, 0.3) is 11.5 Å². The van der Waals surface area contributed by atoms with Crippen LogP contribution in [0.25, 0.3) is 16.6 Å². The van der Waals surface area contributed by atoms with Gasteiger partial charge < -0.3 is 20.1 Å². The standard InChI is InChI=1S/C30H33N5O4/c1-3-38-27-11-7-6-10-26(27)35-29(32-25-9-5-4-8-24(25)30(35)37)21(2)33-16-18-34(19-17-33)28(36)20-39-23-14-12-22(31)13-15-23/h4-15,21H,3,16-20,31H2,1-2H3. The van der Waals surface area contributed by atoms with Gasteiger partial charge in [-0.1, -0.05) is 24.3 Å². The summed E-state index contributed by atoms with van der Waals surface area (Å²) >= 11 is 0. The van der Waals surface area contributed by atoms with Gasteiger partial charge >= 0.3 is 0 Å². The van der Waals surface area contributed by atoms with Crippen molar-refractivity contribution in [2.75, 3.05) is 45.1 Å². The fourth-order valence-electron chi connectivity index (χ4n) is 4.90. The van der Waals surface area contributed by atoms with Crippen LogP contribution in [0, 0.1) is 0 Å². The number of benzene rings is 3. The highest BCUT2D eigenvalue weighted by atomic mass is 16.5. The van der Waals surface area contributed by atoms with Gasteiger partial charge in [0.2, 0.25) is 0 Å². The van der Waals surface area contributed by atoms with Crippen molar-refractivity contribution >= 4 is 22.5 Å². The van der Waals surface area contributed by atoms with Gasteiger partial charge in [-0.15, -0.1) is 0 Å². The second kappa shape index (κ2) is 11.6. The molecule has 0 bridgehead atoms. The lowest BCUT2D eigenvalue weighted by atomic mass is 10.1. The van der Waals surface area contributed by atoms with Gasteiger partial charge in [0.05, 0.1) is 29.2 Å². The molecular formula is C30H33N5O4. The molecule has 202 valence electrons. The first-order valence-corrected chi connectivity index (χ1v) is 13.2. The first-order chi connectivity index (χ1) is 19.0. The van der Waals surface area contributed by atoms with Gasteiger partial charge in [-0.3, -0.25) is 19.1 Å². The smallest absolute Gasteiger partial charge is 0.266 e. The first kappa shape index (κ1) is 26.2. The number of fused-ring (bicyclic) bond motifs is 1. The van der Waals surface area contributed by atoms with E-state index >= 15 is 0 Å². The minimum Gasteiger partial charge on any atom is -0.492 e.